The van der Waals surface area contributed by atoms with Gasteiger partial charge in [-0.15, -0.1) is 0 Å². The van der Waals surface area contributed by atoms with Crippen LogP contribution < -0.4 is 0 Å². The van der Waals surface area contributed by atoms with Crippen molar-refractivity contribution in [1.82, 2.24) is 0 Å². The molecule has 1 aromatic carbocycles. The van der Waals surface area contributed by atoms with Gasteiger partial charge in [-0.25, -0.2) is 0 Å². The number of carbonyl (C=O) groups excluding carboxylic acids is 2. The number of allylic oxidation sites excluding steroid dienone is 2. The molecule has 0 radical (unpaired) electrons. The summed E-state index contributed by atoms with van der Waals surface area (Å²) in [5, 5.41) is 11.2. The van der Waals surface area contributed by atoms with Gasteiger partial charge < -0.3 is 9.47 Å². The number of Topliss-reactive ketones (excluding diaryl/α,β-unsaturated/α-hetero) is 2. The van der Waals surface area contributed by atoms with Crippen molar-refractivity contribution in [3.05, 3.63) is 51.0 Å². The minimum Gasteiger partial charge on any atom is -0.483 e. The Kier molecular flexibility index (Phi) is 4.49. The van der Waals surface area contributed by atoms with E-state index in [9.17, 15) is 19.7 Å². The van der Waals surface area contributed by atoms with Crippen LogP contribution in [-0.2, 0) is 9.47 Å². The lowest BCUT2D eigenvalue weighted by molar-refractivity contribution is -0.385. The van der Waals surface area contributed by atoms with E-state index in [0.29, 0.717) is 0 Å². The molecule has 1 aromatic rings. The van der Waals surface area contributed by atoms with Crippen LogP contribution in [0.3, 0.4) is 0 Å². The van der Waals surface area contributed by atoms with Crippen molar-refractivity contribution < 1.29 is 24.0 Å². The van der Waals surface area contributed by atoms with E-state index in [4.69, 9.17) is 9.47 Å². The molecule has 0 saturated carbocycles. The van der Waals surface area contributed by atoms with E-state index in [0.717, 1.165) is 0 Å². The first-order valence-corrected chi connectivity index (χ1v) is 7.18. The predicted molar refractivity (Wildman–Crippen MR) is 81.2 cm³/mol. The summed E-state index contributed by atoms with van der Waals surface area (Å²) >= 11 is 0. The van der Waals surface area contributed by atoms with Crippen LogP contribution in [0.2, 0.25) is 0 Å². The van der Waals surface area contributed by atoms with Gasteiger partial charge in [0, 0.05) is 11.6 Å². The number of hydrogen-bond acceptors (Lipinski definition) is 6. The average molecular weight is 319 g/mol. The standard InChI is InChI=1S/C16H17NO6/c1-8(2)22-15-13(18)10-6-5-7-11(17(20)21)12(10)14(19)16(15)23-9(3)4/h5-9H,1-4H3. The lowest BCUT2D eigenvalue weighted by Gasteiger charge is -2.23. The van der Waals surface area contributed by atoms with E-state index < -0.39 is 28.3 Å². The fraction of sp³-hybridized carbons (Fsp3) is 0.375. The molecule has 0 amide bonds. The predicted octanol–water partition coefficient (Wildman–Crippen LogP) is 3.04. The van der Waals surface area contributed by atoms with E-state index in [1.165, 1.54) is 18.2 Å². The molecule has 0 fully saturated rings. The number of nitro benzene ring substituents is 1. The molecular weight excluding hydrogens is 302 g/mol. The zero-order valence-electron chi connectivity index (χ0n) is 13.3. The normalized spacial score (nSPS) is 14.3. The van der Waals surface area contributed by atoms with Crippen molar-refractivity contribution in [1.29, 1.82) is 0 Å². The van der Waals surface area contributed by atoms with E-state index in [2.05, 4.69) is 0 Å². The first-order chi connectivity index (χ1) is 10.7. The van der Waals surface area contributed by atoms with Crippen molar-refractivity contribution >= 4 is 17.3 Å². The Balaban J connectivity index is 2.68. The monoisotopic (exact) mass is 319 g/mol. The van der Waals surface area contributed by atoms with E-state index in [1.807, 2.05) is 0 Å². The summed E-state index contributed by atoms with van der Waals surface area (Å²) in [6.45, 7) is 6.79. The van der Waals surface area contributed by atoms with Gasteiger partial charge in [0.05, 0.1) is 17.1 Å². The Labute approximate surface area is 133 Å². The molecule has 0 aromatic heterocycles. The lowest BCUT2D eigenvalue weighted by Crippen LogP contribution is -2.28. The lowest BCUT2D eigenvalue weighted by atomic mass is 9.90. The van der Waals surface area contributed by atoms with Gasteiger partial charge in [0.2, 0.25) is 23.1 Å². The molecule has 1 aliphatic rings. The molecule has 0 atom stereocenters. The highest BCUT2D eigenvalue weighted by atomic mass is 16.6. The first kappa shape index (κ1) is 16.7. The van der Waals surface area contributed by atoms with E-state index >= 15 is 0 Å². The highest BCUT2D eigenvalue weighted by Gasteiger charge is 2.40. The van der Waals surface area contributed by atoms with Crippen molar-refractivity contribution in [3.8, 4) is 0 Å². The van der Waals surface area contributed by atoms with Gasteiger partial charge in [0.1, 0.15) is 5.56 Å². The van der Waals surface area contributed by atoms with Crippen molar-refractivity contribution in [2.24, 2.45) is 0 Å². The second kappa shape index (κ2) is 6.20. The Morgan fingerprint density at radius 2 is 1.48 bits per heavy atom. The van der Waals surface area contributed by atoms with Gasteiger partial charge in [0.25, 0.3) is 5.69 Å². The second-order valence-electron chi connectivity index (χ2n) is 5.61. The molecule has 122 valence electrons. The van der Waals surface area contributed by atoms with Crippen molar-refractivity contribution in [2.75, 3.05) is 0 Å². The van der Waals surface area contributed by atoms with Crippen molar-refractivity contribution in [3.63, 3.8) is 0 Å². The van der Waals surface area contributed by atoms with Gasteiger partial charge in [-0.05, 0) is 33.8 Å². The smallest absolute Gasteiger partial charge is 0.281 e. The van der Waals surface area contributed by atoms with Gasteiger partial charge in [-0.3, -0.25) is 19.7 Å². The van der Waals surface area contributed by atoms with Crippen LogP contribution in [0.1, 0.15) is 48.4 Å². The van der Waals surface area contributed by atoms with Gasteiger partial charge in [-0.2, -0.15) is 0 Å². The quantitative estimate of drug-likeness (QED) is 0.611. The number of benzene rings is 1. The molecule has 0 saturated heterocycles. The zero-order valence-corrected chi connectivity index (χ0v) is 13.3. The Bertz CT molecular complexity index is 717. The number of fused-ring (bicyclic) bond motifs is 1. The molecule has 7 heteroatoms. The maximum absolute atomic E-state index is 12.7. The molecule has 0 unspecified atom stereocenters. The molecule has 1 aliphatic carbocycles. The minimum absolute atomic E-state index is 0.0454. The number of hydrogen-bond donors (Lipinski definition) is 0. The summed E-state index contributed by atoms with van der Waals surface area (Å²) in [4.78, 5) is 35.8. The Morgan fingerprint density at radius 1 is 0.957 bits per heavy atom. The summed E-state index contributed by atoms with van der Waals surface area (Å²) in [6, 6.07) is 3.92. The molecule has 0 heterocycles. The molecule has 2 rings (SSSR count). The summed E-state index contributed by atoms with van der Waals surface area (Å²) < 4.78 is 10.9. The molecule has 7 nitrogen and oxygen atoms in total. The third-order valence-corrected chi connectivity index (χ3v) is 3.04. The summed E-state index contributed by atoms with van der Waals surface area (Å²) in [5.41, 5.74) is -0.723. The van der Waals surface area contributed by atoms with Gasteiger partial charge >= 0.3 is 0 Å². The van der Waals surface area contributed by atoms with Crippen LogP contribution in [0.25, 0.3) is 0 Å². The second-order valence-corrected chi connectivity index (χ2v) is 5.61. The number of rotatable bonds is 5. The van der Waals surface area contributed by atoms with Crippen LogP contribution in [0.15, 0.2) is 29.7 Å². The average Bonchev–Trinajstić information content (AvgIpc) is 2.46. The Hall–Kier alpha value is -2.70. The van der Waals surface area contributed by atoms with Gasteiger partial charge in [0.15, 0.2) is 0 Å². The third kappa shape index (κ3) is 3.08. The van der Waals surface area contributed by atoms with Gasteiger partial charge in [-0.1, -0.05) is 6.07 Å². The van der Waals surface area contributed by atoms with Crippen LogP contribution >= 0.6 is 0 Å². The molecule has 0 N–H and O–H groups in total. The summed E-state index contributed by atoms with van der Waals surface area (Å²) in [5.74, 6) is -1.78. The van der Waals surface area contributed by atoms with E-state index in [1.54, 1.807) is 27.7 Å². The maximum Gasteiger partial charge on any atom is 0.281 e. The molecule has 0 aliphatic heterocycles. The van der Waals surface area contributed by atoms with Crippen LogP contribution in [0.4, 0.5) is 5.69 Å². The highest BCUT2D eigenvalue weighted by Crippen LogP contribution is 2.34. The fourth-order valence-corrected chi connectivity index (χ4v) is 2.25. The van der Waals surface area contributed by atoms with Crippen molar-refractivity contribution in [2.45, 2.75) is 39.9 Å². The first-order valence-electron chi connectivity index (χ1n) is 7.18. The van der Waals surface area contributed by atoms with Crippen LogP contribution in [0.5, 0.6) is 0 Å². The third-order valence-electron chi connectivity index (χ3n) is 3.04. The minimum atomic E-state index is -0.712. The zero-order chi connectivity index (χ0) is 17.3. The number of nitrogens with zero attached hydrogens (tertiary/aromatic N) is 1. The summed E-state index contributed by atoms with van der Waals surface area (Å²) in [7, 11) is 0. The van der Waals surface area contributed by atoms with Crippen LogP contribution in [-0.4, -0.2) is 28.7 Å². The number of carbonyl (C=O) groups is 2. The largest absolute Gasteiger partial charge is 0.483 e. The molecule has 23 heavy (non-hydrogen) atoms. The highest BCUT2D eigenvalue weighted by molar-refractivity contribution is 6.26. The molecular formula is C16H17NO6. The summed E-state index contributed by atoms with van der Waals surface area (Å²) in [6.07, 6.45) is -0.746. The number of nitro groups is 1. The Morgan fingerprint density at radius 3 is 1.96 bits per heavy atom. The topological polar surface area (TPSA) is 95.7 Å². The molecule has 0 spiro atoms. The van der Waals surface area contributed by atoms with E-state index in [-0.39, 0.29) is 28.7 Å². The molecule has 0 bridgehead atoms. The van der Waals surface area contributed by atoms with Crippen LogP contribution in [0, 0.1) is 10.1 Å². The fourth-order valence-electron chi connectivity index (χ4n) is 2.25. The number of ether oxygens (including phenoxy) is 2. The maximum atomic E-state index is 12.7. The SMILES string of the molecule is CC(C)OC1=C(OC(C)C)C(=O)c2c(cccc2[N+](=O)[O-])C1=O. The number of ketones is 2.